The lowest BCUT2D eigenvalue weighted by Gasteiger charge is -2.07. The number of benzene rings is 1. The number of anilines is 2. The second kappa shape index (κ2) is 5.18. The summed E-state index contributed by atoms with van der Waals surface area (Å²) in [7, 11) is 0. The molecular formula is C13H7ClN4. The monoisotopic (exact) mass is 254 g/mol. The Balaban J connectivity index is 2.37. The van der Waals surface area contributed by atoms with Crippen LogP contribution in [-0.2, 0) is 0 Å². The highest BCUT2D eigenvalue weighted by atomic mass is 35.5. The van der Waals surface area contributed by atoms with Gasteiger partial charge in [-0.2, -0.15) is 10.5 Å². The fourth-order valence-electron chi connectivity index (χ4n) is 1.42. The molecule has 86 valence electrons. The van der Waals surface area contributed by atoms with E-state index in [2.05, 4.69) is 16.4 Å². The average Bonchev–Trinajstić information content (AvgIpc) is 2.39. The molecule has 0 aliphatic carbocycles. The van der Waals surface area contributed by atoms with Crippen LogP contribution in [0.2, 0.25) is 5.02 Å². The topological polar surface area (TPSA) is 72.5 Å². The molecule has 0 saturated heterocycles. The van der Waals surface area contributed by atoms with Crippen molar-refractivity contribution in [3.05, 3.63) is 52.7 Å². The first kappa shape index (κ1) is 11.9. The number of rotatable bonds is 2. The minimum atomic E-state index is 0.462. The Morgan fingerprint density at radius 1 is 1.11 bits per heavy atom. The zero-order valence-corrected chi connectivity index (χ0v) is 9.94. The second-order valence-corrected chi connectivity index (χ2v) is 3.90. The molecule has 1 heterocycles. The van der Waals surface area contributed by atoms with Gasteiger partial charge in [-0.25, -0.2) is 4.98 Å². The van der Waals surface area contributed by atoms with Crippen LogP contribution in [0.4, 0.5) is 11.5 Å². The van der Waals surface area contributed by atoms with Crippen molar-refractivity contribution in [1.29, 1.82) is 10.5 Å². The predicted octanol–water partition coefficient (Wildman–Crippen LogP) is 3.22. The number of pyridine rings is 1. The van der Waals surface area contributed by atoms with E-state index >= 15 is 0 Å². The molecule has 0 bridgehead atoms. The molecule has 2 aromatic rings. The Kier molecular flexibility index (Phi) is 3.43. The minimum absolute atomic E-state index is 0.462. The van der Waals surface area contributed by atoms with Gasteiger partial charge in [0.2, 0.25) is 0 Å². The van der Waals surface area contributed by atoms with E-state index in [1.54, 1.807) is 30.3 Å². The number of hydrogen-bond acceptors (Lipinski definition) is 4. The first-order valence-corrected chi connectivity index (χ1v) is 5.43. The minimum Gasteiger partial charge on any atom is -0.339 e. The summed E-state index contributed by atoms with van der Waals surface area (Å²) < 4.78 is 0. The van der Waals surface area contributed by atoms with Crippen LogP contribution >= 0.6 is 11.6 Å². The first-order valence-electron chi connectivity index (χ1n) is 5.06. The van der Waals surface area contributed by atoms with E-state index in [4.69, 9.17) is 22.1 Å². The fourth-order valence-corrected chi connectivity index (χ4v) is 1.60. The van der Waals surface area contributed by atoms with Gasteiger partial charge in [-0.15, -0.1) is 0 Å². The Labute approximate surface area is 109 Å². The Bertz CT molecular complexity index is 667. The fraction of sp³-hybridized carbons (Fsp3) is 0. The van der Waals surface area contributed by atoms with Gasteiger partial charge in [-0.05, 0) is 30.3 Å². The molecule has 0 spiro atoms. The lowest BCUT2D eigenvalue weighted by Crippen LogP contribution is -1.96. The third-order valence-corrected chi connectivity index (χ3v) is 2.49. The molecule has 2 rings (SSSR count). The molecule has 0 atom stereocenters. The van der Waals surface area contributed by atoms with Crippen LogP contribution in [0.25, 0.3) is 0 Å². The maximum Gasteiger partial charge on any atom is 0.131 e. The standard InChI is InChI=1S/C13H7ClN4/c14-11-2-1-10(8-16)12(6-11)18-13-5-9(7-15)3-4-17-13/h1-6H,(H,17,18). The maximum absolute atomic E-state index is 8.98. The Hall–Kier alpha value is -2.56. The van der Waals surface area contributed by atoms with Gasteiger partial charge in [0.05, 0.1) is 22.9 Å². The van der Waals surface area contributed by atoms with E-state index in [9.17, 15) is 0 Å². The van der Waals surface area contributed by atoms with Gasteiger partial charge >= 0.3 is 0 Å². The van der Waals surface area contributed by atoms with Crippen molar-refractivity contribution < 1.29 is 0 Å². The summed E-state index contributed by atoms with van der Waals surface area (Å²) in [5, 5.41) is 21.3. The molecule has 0 fully saturated rings. The molecular weight excluding hydrogens is 248 g/mol. The average molecular weight is 255 g/mol. The van der Waals surface area contributed by atoms with Gasteiger partial charge in [-0.1, -0.05) is 11.6 Å². The van der Waals surface area contributed by atoms with Crippen LogP contribution in [-0.4, -0.2) is 4.98 Å². The molecule has 0 amide bonds. The van der Waals surface area contributed by atoms with Crippen LogP contribution in [0.5, 0.6) is 0 Å². The molecule has 0 unspecified atom stereocenters. The molecule has 0 saturated carbocycles. The highest BCUT2D eigenvalue weighted by Gasteiger charge is 2.04. The van der Waals surface area contributed by atoms with Gasteiger partial charge in [0.1, 0.15) is 11.9 Å². The molecule has 5 heteroatoms. The van der Waals surface area contributed by atoms with Crippen LogP contribution in [0.1, 0.15) is 11.1 Å². The van der Waals surface area contributed by atoms with E-state index in [1.165, 1.54) is 6.20 Å². The third-order valence-electron chi connectivity index (χ3n) is 2.25. The van der Waals surface area contributed by atoms with Crippen molar-refractivity contribution >= 4 is 23.1 Å². The Morgan fingerprint density at radius 3 is 2.67 bits per heavy atom. The van der Waals surface area contributed by atoms with Gasteiger partial charge in [0, 0.05) is 11.2 Å². The zero-order chi connectivity index (χ0) is 13.0. The SMILES string of the molecule is N#Cc1ccnc(Nc2cc(Cl)ccc2C#N)c1. The van der Waals surface area contributed by atoms with Crippen LogP contribution in [0.15, 0.2) is 36.5 Å². The number of aromatic nitrogens is 1. The van der Waals surface area contributed by atoms with Gasteiger partial charge < -0.3 is 5.32 Å². The summed E-state index contributed by atoms with van der Waals surface area (Å²) in [5.41, 5.74) is 1.52. The van der Waals surface area contributed by atoms with E-state index in [1.807, 2.05) is 6.07 Å². The highest BCUT2D eigenvalue weighted by molar-refractivity contribution is 6.30. The summed E-state index contributed by atoms with van der Waals surface area (Å²) in [6.45, 7) is 0. The van der Waals surface area contributed by atoms with Crippen LogP contribution < -0.4 is 5.32 Å². The summed E-state index contributed by atoms with van der Waals surface area (Å²) >= 11 is 5.88. The van der Waals surface area contributed by atoms with E-state index in [0.29, 0.717) is 27.7 Å². The van der Waals surface area contributed by atoms with E-state index in [0.717, 1.165) is 0 Å². The summed E-state index contributed by atoms with van der Waals surface area (Å²) in [5.74, 6) is 0.493. The number of nitrogens with zero attached hydrogens (tertiary/aromatic N) is 3. The quantitative estimate of drug-likeness (QED) is 0.893. The first-order chi connectivity index (χ1) is 8.72. The number of hydrogen-bond donors (Lipinski definition) is 1. The van der Waals surface area contributed by atoms with Crippen molar-refractivity contribution in [3.63, 3.8) is 0 Å². The van der Waals surface area contributed by atoms with Crippen LogP contribution in [0, 0.1) is 22.7 Å². The normalized spacial score (nSPS) is 9.28. The highest BCUT2D eigenvalue weighted by Crippen LogP contribution is 2.23. The molecule has 1 aromatic heterocycles. The molecule has 18 heavy (non-hydrogen) atoms. The van der Waals surface area contributed by atoms with Crippen LogP contribution in [0.3, 0.4) is 0 Å². The third kappa shape index (κ3) is 2.57. The number of halogens is 1. The van der Waals surface area contributed by atoms with Crippen molar-refractivity contribution in [2.45, 2.75) is 0 Å². The molecule has 0 radical (unpaired) electrons. The maximum atomic E-state index is 8.98. The van der Waals surface area contributed by atoms with Crippen molar-refractivity contribution in [2.75, 3.05) is 5.32 Å². The van der Waals surface area contributed by atoms with Gasteiger partial charge in [0.15, 0.2) is 0 Å². The second-order valence-electron chi connectivity index (χ2n) is 3.47. The van der Waals surface area contributed by atoms with E-state index in [-0.39, 0.29) is 0 Å². The lowest BCUT2D eigenvalue weighted by atomic mass is 10.2. The Morgan fingerprint density at radius 2 is 1.94 bits per heavy atom. The van der Waals surface area contributed by atoms with E-state index < -0.39 is 0 Å². The smallest absolute Gasteiger partial charge is 0.131 e. The molecule has 4 nitrogen and oxygen atoms in total. The zero-order valence-electron chi connectivity index (χ0n) is 9.18. The molecule has 0 aliphatic heterocycles. The number of nitrogens with one attached hydrogen (secondary N) is 1. The molecule has 1 N–H and O–H groups in total. The summed E-state index contributed by atoms with van der Waals surface area (Å²) in [4.78, 5) is 4.07. The summed E-state index contributed by atoms with van der Waals surface area (Å²) in [6.07, 6.45) is 1.53. The predicted molar refractivity (Wildman–Crippen MR) is 68.4 cm³/mol. The lowest BCUT2D eigenvalue weighted by molar-refractivity contribution is 1.29. The van der Waals surface area contributed by atoms with Gasteiger partial charge in [-0.3, -0.25) is 0 Å². The summed E-state index contributed by atoms with van der Waals surface area (Å²) in [6, 6.07) is 12.2. The van der Waals surface area contributed by atoms with Crippen molar-refractivity contribution in [1.82, 2.24) is 4.98 Å². The molecule has 1 aromatic carbocycles. The van der Waals surface area contributed by atoms with Crippen molar-refractivity contribution in [3.8, 4) is 12.1 Å². The number of nitriles is 2. The van der Waals surface area contributed by atoms with Crippen molar-refractivity contribution in [2.24, 2.45) is 0 Å². The van der Waals surface area contributed by atoms with Gasteiger partial charge in [0.25, 0.3) is 0 Å². The largest absolute Gasteiger partial charge is 0.339 e. The molecule has 0 aliphatic rings.